The highest BCUT2D eigenvalue weighted by Gasteiger charge is 2.22. The van der Waals surface area contributed by atoms with Gasteiger partial charge in [0.25, 0.3) is 0 Å². The number of para-hydroxylation sites is 1. The maximum Gasteiger partial charge on any atom is 0.165 e. The van der Waals surface area contributed by atoms with Crippen LogP contribution in [0.2, 0.25) is 0 Å². The molecule has 23 heavy (non-hydrogen) atoms. The van der Waals surface area contributed by atoms with Gasteiger partial charge in [0, 0.05) is 6.42 Å². The molecule has 1 saturated carbocycles. The molecule has 1 N–H and O–H groups in total. The minimum atomic E-state index is -1.20. The van der Waals surface area contributed by atoms with E-state index in [-0.39, 0.29) is 18.1 Å². The number of allylic oxidation sites excluding steroid dienone is 1. The zero-order valence-corrected chi connectivity index (χ0v) is 12.6. The topological polar surface area (TPSA) is 29.5 Å². The predicted molar refractivity (Wildman–Crippen MR) is 84.5 cm³/mol. The van der Waals surface area contributed by atoms with Gasteiger partial charge in [0.2, 0.25) is 0 Å². The molecule has 1 aliphatic carbocycles. The molecule has 2 nitrogen and oxygen atoms in total. The minimum absolute atomic E-state index is 0.0625. The van der Waals surface area contributed by atoms with Crippen LogP contribution in [0.15, 0.2) is 60.4 Å². The zero-order chi connectivity index (χ0) is 16.2. The van der Waals surface area contributed by atoms with Crippen molar-refractivity contribution in [1.82, 2.24) is 0 Å². The Labute approximate surface area is 134 Å². The van der Waals surface area contributed by atoms with Crippen LogP contribution in [0, 0.1) is 11.7 Å². The molecule has 1 unspecified atom stereocenters. The van der Waals surface area contributed by atoms with Crippen LogP contribution in [0.1, 0.15) is 18.4 Å². The van der Waals surface area contributed by atoms with E-state index < -0.39 is 17.7 Å². The molecule has 0 aliphatic heterocycles. The zero-order valence-electron chi connectivity index (χ0n) is 12.6. The van der Waals surface area contributed by atoms with Crippen LogP contribution in [-0.2, 0) is 6.42 Å². The summed E-state index contributed by atoms with van der Waals surface area (Å²) in [6.07, 6.45) is 2.32. The largest absolute Gasteiger partial charge is 0.454 e. The second-order valence-electron chi connectivity index (χ2n) is 5.79. The lowest BCUT2D eigenvalue weighted by atomic mass is 10.1. The molecule has 1 atom stereocenters. The van der Waals surface area contributed by atoms with Crippen molar-refractivity contribution in [2.24, 2.45) is 5.92 Å². The van der Waals surface area contributed by atoms with Crippen molar-refractivity contribution in [3.63, 3.8) is 0 Å². The average Bonchev–Trinajstić information content (AvgIpc) is 3.35. The van der Waals surface area contributed by atoms with Gasteiger partial charge in [-0.1, -0.05) is 24.3 Å². The van der Waals surface area contributed by atoms with Gasteiger partial charge in [-0.05, 0) is 54.7 Å². The van der Waals surface area contributed by atoms with Gasteiger partial charge in [-0.15, -0.1) is 0 Å². The van der Waals surface area contributed by atoms with Crippen LogP contribution in [0.3, 0.4) is 0 Å². The van der Waals surface area contributed by atoms with Crippen molar-refractivity contribution in [3.05, 3.63) is 71.8 Å². The SMILES string of the molecule is OC(Cc1ccc(F)c(Oc2ccccc2)c1)C(F)=CC1CC1. The normalized spacial score (nSPS) is 16.2. The van der Waals surface area contributed by atoms with Crippen molar-refractivity contribution in [1.29, 1.82) is 0 Å². The van der Waals surface area contributed by atoms with Gasteiger partial charge in [-0.2, -0.15) is 0 Å². The molecule has 4 heteroatoms. The van der Waals surface area contributed by atoms with Gasteiger partial charge in [0.15, 0.2) is 11.6 Å². The van der Waals surface area contributed by atoms with Crippen molar-refractivity contribution in [3.8, 4) is 11.5 Å². The molecule has 120 valence electrons. The van der Waals surface area contributed by atoms with Gasteiger partial charge in [-0.25, -0.2) is 8.78 Å². The number of hydrogen-bond acceptors (Lipinski definition) is 2. The van der Waals surface area contributed by atoms with Crippen LogP contribution in [-0.4, -0.2) is 11.2 Å². The number of aliphatic hydroxyl groups is 1. The van der Waals surface area contributed by atoms with Gasteiger partial charge < -0.3 is 9.84 Å². The van der Waals surface area contributed by atoms with E-state index in [2.05, 4.69) is 0 Å². The van der Waals surface area contributed by atoms with Crippen LogP contribution >= 0.6 is 0 Å². The molecule has 0 bridgehead atoms. The summed E-state index contributed by atoms with van der Waals surface area (Å²) in [5, 5.41) is 9.92. The Morgan fingerprint density at radius 3 is 2.65 bits per heavy atom. The molecule has 2 aromatic carbocycles. The summed E-state index contributed by atoms with van der Waals surface area (Å²) >= 11 is 0. The summed E-state index contributed by atoms with van der Waals surface area (Å²) in [4.78, 5) is 0. The van der Waals surface area contributed by atoms with E-state index in [0.29, 0.717) is 11.3 Å². The third-order valence-corrected chi connectivity index (χ3v) is 3.73. The Bertz CT molecular complexity index is 694. The quantitative estimate of drug-likeness (QED) is 0.830. The molecule has 0 heterocycles. The average molecular weight is 316 g/mol. The van der Waals surface area contributed by atoms with E-state index in [0.717, 1.165) is 12.8 Å². The number of hydrogen-bond donors (Lipinski definition) is 1. The van der Waals surface area contributed by atoms with Gasteiger partial charge >= 0.3 is 0 Å². The second-order valence-corrected chi connectivity index (χ2v) is 5.79. The highest BCUT2D eigenvalue weighted by atomic mass is 19.1. The summed E-state index contributed by atoms with van der Waals surface area (Å²) < 4.78 is 33.2. The van der Waals surface area contributed by atoms with Gasteiger partial charge in [0.1, 0.15) is 17.7 Å². The summed E-state index contributed by atoms with van der Waals surface area (Å²) in [6.45, 7) is 0. The number of benzene rings is 2. The molecule has 2 aromatic rings. The van der Waals surface area contributed by atoms with Crippen LogP contribution < -0.4 is 4.74 Å². The van der Waals surface area contributed by atoms with Crippen molar-refractivity contribution in [2.75, 3.05) is 0 Å². The summed E-state index contributed by atoms with van der Waals surface area (Å²) in [6, 6.07) is 13.2. The molecular weight excluding hydrogens is 298 g/mol. The maximum atomic E-state index is 13.9. The maximum absolute atomic E-state index is 13.9. The molecule has 0 spiro atoms. The van der Waals surface area contributed by atoms with E-state index >= 15 is 0 Å². The Kier molecular flexibility index (Phi) is 4.72. The molecule has 3 rings (SSSR count). The van der Waals surface area contributed by atoms with Crippen molar-refractivity contribution in [2.45, 2.75) is 25.4 Å². The first-order valence-electron chi connectivity index (χ1n) is 7.68. The van der Waals surface area contributed by atoms with Gasteiger partial charge in [-0.3, -0.25) is 0 Å². The fraction of sp³-hybridized carbons (Fsp3) is 0.263. The number of ether oxygens (including phenoxy) is 1. The summed E-state index contributed by atoms with van der Waals surface area (Å²) in [5.41, 5.74) is 0.615. The predicted octanol–water partition coefficient (Wildman–Crippen LogP) is 4.78. The molecule has 1 fully saturated rings. The molecular formula is C19H18F2O2. The first kappa shape index (κ1) is 15.7. The molecule has 0 aromatic heterocycles. The number of rotatable bonds is 6. The van der Waals surface area contributed by atoms with Crippen LogP contribution in [0.5, 0.6) is 11.5 Å². The summed E-state index contributed by atoms with van der Waals surface area (Å²) in [7, 11) is 0. The Morgan fingerprint density at radius 2 is 1.96 bits per heavy atom. The van der Waals surface area contributed by atoms with E-state index in [9.17, 15) is 13.9 Å². The lowest BCUT2D eigenvalue weighted by Crippen LogP contribution is -2.11. The fourth-order valence-electron chi connectivity index (χ4n) is 2.29. The minimum Gasteiger partial charge on any atom is -0.454 e. The van der Waals surface area contributed by atoms with Gasteiger partial charge in [0.05, 0.1) is 0 Å². The number of aliphatic hydroxyl groups excluding tert-OH is 1. The molecule has 0 radical (unpaired) electrons. The van der Waals surface area contributed by atoms with Crippen LogP contribution in [0.4, 0.5) is 8.78 Å². The lowest BCUT2D eigenvalue weighted by Gasteiger charge is -2.11. The summed E-state index contributed by atoms with van der Waals surface area (Å²) in [5.74, 6) is -0.172. The monoisotopic (exact) mass is 316 g/mol. The van der Waals surface area contributed by atoms with E-state index in [4.69, 9.17) is 4.74 Å². The first-order valence-corrected chi connectivity index (χ1v) is 7.68. The molecule has 0 saturated heterocycles. The van der Waals surface area contributed by atoms with Crippen molar-refractivity contribution >= 4 is 0 Å². The van der Waals surface area contributed by atoms with Crippen LogP contribution in [0.25, 0.3) is 0 Å². The van der Waals surface area contributed by atoms with E-state index in [1.54, 1.807) is 24.3 Å². The molecule has 1 aliphatic rings. The van der Waals surface area contributed by atoms with E-state index in [1.807, 2.05) is 6.07 Å². The fourth-order valence-corrected chi connectivity index (χ4v) is 2.29. The third-order valence-electron chi connectivity index (χ3n) is 3.73. The second kappa shape index (κ2) is 6.92. The highest BCUT2D eigenvalue weighted by Crippen LogP contribution is 2.32. The highest BCUT2D eigenvalue weighted by molar-refractivity contribution is 5.35. The Balaban J connectivity index is 1.72. The van der Waals surface area contributed by atoms with Crippen molar-refractivity contribution < 1.29 is 18.6 Å². The third kappa shape index (κ3) is 4.39. The smallest absolute Gasteiger partial charge is 0.165 e. The Hall–Kier alpha value is -2.20. The standard InChI is InChI=1S/C19H18F2O2/c20-16-9-8-14(11-18(22)17(21)10-13-6-7-13)12-19(16)23-15-4-2-1-3-5-15/h1-5,8-10,12-13,18,22H,6-7,11H2. The molecule has 0 amide bonds. The van der Waals surface area contributed by atoms with E-state index in [1.165, 1.54) is 24.3 Å². The first-order chi connectivity index (χ1) is 11.1. The number of halogens is 2. The Morgan fingerprint density at radius 1 is 1.22 bits per heavy atom. The lowest BCUT2D eigenvalue weighted by molar-refractivity contribution is 0.182.